The van der Waals surface area contributed by atoms with E-state index in [9.17, 15) is 0 Å². The van der Waals surface area contributed by atoms with Gasteiger partial charge in [0.25, 0.3) is 0 Å². The fourth-order valence-corrected chi connectivity index (χ4v) is 2.94. The molecule has 1 atom stereocenters. The van der Waals surface area contributed by atoms with Crippen molar-refractivity contribution >= 4 is 0 Å². The van der Waals surface area contributed by atoms with Crippen LogP contribution < -0.4 is 5.32 Å². The summed E-state index contributed by atoms with van der Waals surface area (Å²) in [4.78, 5) is 2.64. The highest BCUT2D eigenvalue weighted by molar-refractivity contribution is 5.30. The lowest BCUT2D eigenvalue weighted by Gasteiger charge is -2.44. The highest BCUT2D eigenvalue weighted by Gasteiger charge is 2.31. The molecule has 2 nitrogen and oxygen atoms in total. The molecule has 2 heteroatoms. The average Bonchev–Trinajstić information content (AvgIpc) is 2.33. The maximum Gasteiger partial charge on any atom is 0.0253 e. The van der Waals surface area contributed by atoms with Gasteiger partial charge < -0.3 is 5.32 Å². The topological polar surface area (TPSA) is 15.3 Å². The summed E-state index contributed by atoms with van der Waals surface area (Å²) >= 11 is 0. The maximum absolute atomic E-state index is 3.65. The highest BCUT2D eigenvalue weighted by atomic mass is 15.2. The van der Waals surface area contributed by atoms with Crippen LogP contribution in [0.1, 0.15) is 43.9 Å². The van der Waals surface area contributed by atoms with Crippen LogP contribution in [0.3, 0.4) is 0 Å². The van der Waals surface area contributed by atoms with Crippen LogP contribution in [0.25, 0.3) is 0 Å². The fourth-order valence-electron chi connectivity index (χ4n) is 2.94. The second kappa shape index (κ2) is 5.64. The van der Waals surface area contributed by atoms with Crippen molar-refractivity contribution < 1.29 is 0 Å². The SMILES string of the molecule is CCC1CNC(C)(C)CN1Cc1ccc(C)c(C)c1. The van der Waals surface area contributed by atoms with Crippen LogP contribution in [0, 0.1) is 13.8 Å². The molecule has 1 aliphatic heterocycles. The number of hydrogen-bond donors (Lipinski definition) is 1. The summed E-state index contributed by atoms with van der Waals surface area (Å²) in [5, 5.41) is 3.65. The van der Waals surface area contributed by atoms with Crippen LogP contribution in [0.5, 0.6) is 0 Å². The summed E-state index contributed by atoms with van der Waals surface area (Å²) in [6.07, 6.45) is 1.22. The molecule has 1 fully saturated rings. The van der Waals surface area contributed by atoms with Gasteiger partial charge in [0, 0.05) is 31.2 Å². The molecule has 19 heavy (non-hydrogen) atoms. The Morgan fingerprint density at radius 2 is 2.00 bits per heavy atom. The number of rotatable bonds is 3. The van der Waals surface area contributed by atoms with Crippen molar-refractivity contribution in [1.29, 1.82) is 0 Å². The van der Waals surface area contributed by atoms with E-state index in [1.54, 1.807) is 0 Å². The van der Waals surface area contributed by atoms with Crippen molar-refractivity contribution in [2.75, 3.05) is 13.1 Å². The van der Waals surface area contributed by atoms with Crippen molar-refractivity contribution in [2.45, 2.75) is 59.2 Å². The maximum atomic E-state index is 3.65. The minimum absolute atomic E-state index is 0.228. The predicted octanol–water partition coefficient (Wildman–Crippen LogP) is 3.27. The van der Waals surface area contributed by atoms with E-state index in [1.165, 1.54) is 23.1 Å². The molecule has 1 unspecified atom stereocenters. The first-order valence-electron chi connectivity index (χ1n) is 7.46. The van der Waals surface area contributed by atoms with Gasteiger partial charge in [0.2, 0.25) is 0 Å². The Bertz CT molecular complexity index is 437. The summed E-state index contributed by atoms with van der Waals surface area (Å²) in [6.45, 7) is 14.6. The summed E-state index contributed by atoms with van der Waals surface area (Å²) in [7, 11) is 0. The first kappa shape index (κ1) is 14.5. The minimum Gasteiger partial charge on any atom is -0.309 e. The van der Waals surface area contributed by atoms with Crippen LogP contribution in [0.4, 0.5) is 0 Å². The first-order chi connectivity index (χ1) is 8.91. The third-order valence-electron chi connectivity index (χ3n) is 4.36. The Labute approximate surface area is 118 Å². The van der Waals surface area contributed by atoms with Gasteiger partial charge in [-0.15, -0.1) is 0 Å². The number of piperazine rings is 1. The molecular weight excluding hydrogens is 232 g/mol. The van der Waals surface area contributed by atoms with Crippen molar-refractivity contribution in [1.82, 2.24) is 10.2 Å². The molecule has 0 radical (unpaired) electrons. The Morgan fingerprint density at radius 1 is 1.26 bits per heavy atom. The van der Waals surface area contributed by atoms with Gasteiger partial charge in [-0.2, -0.15) is 0 Å². The number of nitrogens with one attached hydrogen (secondary N) is 1. The molecule has 1 saturated heterocycles. The Morgan fingerprint density at radius 3 is 2.63 bits per heavy atom. The van der Waals surface area contributed by atoms with E-state index in [4.69, 9.17) is 0 Å². The van der Waals surface area contributed by atoms with E-state index in [2.05, 4.69) is 63.0 Å². The van der Waals surface area contributed by atoms with Gasteiger partial charge >= 0.3 is 0 Å². The summed E-state index contributed by atoms with van der Waals surface area (Å²) < 4.78 is 0. The molecule has 1 aliphatic rings. The van der Waals surface area contributed by atoms with E-state index in [1.807, 2.05) is 0 Å². The van der Waals surface area contributed by atoms with E-state index >= 15 is 0 Å². The number of aryl methyl sites for hydroxylation is 2. The molecular formula is C17H28N2. The van der Waals surface area contributed by atoms with Crippen LogP contribution in [0.15, 0.2) is 18.2 Å². The van der Waals surface area contributed by atoms with Gasteiger partial charge in [0.05, 0.1) is 0 Å². The Kier molecular flexibility index (Phi) is 4.32. The molecule has 1 aromatic rings. The third-order valence-corrected chi connectivity index (χ3v) is 4.36. The molecule has 0 saturated carbocycles. The number of hydrogen-bond acceptors (Lipinski definition) is 2. The van der Waals surface area contributed by atoms with Gasteiger partial charge in [0.15, 0.2) is 0 Å². The van der Waals surface area contributed by atoms with Crippen molar-refractivity contribution in [3.8, 4) is 0 Å². The van der Waals surface area contributed by atoms with Gasteiger partial charge in [-0.1, -0.05) is 25.1 Å². The number of benzene rings is 1. The second-order valence-electron chi connectivity index (χ2n) is 6.65. The zero-order valence-electron chi connectivity index (χ0n) is 13.1. The quantitative estimate of drug-likeness (QED) is 0.897. The Hall–Kier alpha value is -0.860. The van der Waals surface area contributed by atoms with Crippen molar-refractivity contribution in [2.24, 2.45) is 0 Å². The lowest BCUT2D eigenvalue weighted by molar-refractivity contribution is 0.0858. The molecule has 106 valence electrons. The standard InChI is InChI=1S/C17H28N2/c1-6-16-10-18-17(4,5)12-19(16)11-15-8-7-13(2)14(3)9-15/h7-9,16,18H,6,10-12H2,1-5H3. The van der Waals surface area contributed by atoms with E-state index in [-0.39, 0.29) is 5.54 Å². The molecule has 1 aromatic carbocycles. The third kappa shape index (κ3) is 3.58. The molecule has 1 heterocycles. The zero-order valence-corrected chi connectivity index (χ0v) is 13.1. The zero-order chi connectivity index (χ0) is 14.0. The Balaban J connectivity index is 2.12. The van der Waals surface area contributed by atoms with Crippen LogP contribution >= 0.6 is 0 Å². The normalized spacial score (nSPS) is 23.5. The van der Waals surface area contributed by atoms with E-state index < -0.39 is 0 Å². The average molecular weight is 260 g/mol. The smallest absolute Gasteiger partial charge is 0.0253 e. The fraction of sp³-hybridized carbons (Fsp3) is 0.647. The lowest BCUT2D eigenvalue weighted by Crippen LogP contribution is -2.60. The lowest BCUT2D eigenvalue weighted by atomic mass is 9.96. The van der Waals surface area contributed by atoms with Gasteiger partial charge in [0.1, 0.15) is 0 Å². The van der Waals surface area contributed by atoms with E-state index in [0.29, 0.717) is 6.04 Å². The van der Waals surface area contributed by atoms with E-state index in [0.717, 1.165) is 19.6 Å². The summed E-state index contributed by atoms with van der Waals surface area (Å²) in [6, 6.07) is 7.54. The number of nitrogens with zero attached hydrogens (tertiary/aromatic N) is 1. The predicted molar refractivity (Wildman–Crippen MR) is 82.5 cm³/mol. The molecule has 0 aromatic heterocycles. The molecule has 0 bridgehead atoms. The van der Waals surface area contributed by atoms with Gasteiger partial charge in [-0.05, 0) is 50.8 Å². The minimum atomic E-state index is 0.228. The van der Waals surface area contributed by atoms with Crippen LogP contribution in [-0.2, 0) is 6.54 Å². The summed E-state index contributed by atoms with van der Waals surface area (Å²) in [5.74, 6) is 0. The molecule has 0 amide bonds. The van der Waals surface area contributed by atoms with Crippen LogP contribution in [-0.4, -0.2) is 29.6 Å². The summed E-state index contributed by atoms with van der Waals surface area (Å²) in [5.41, 5.74) is 4.46. The van der Waals surface area contributed by atoms with Crippen molar-refractivity contribution in [3.05, 3.63) is 34.9 Å². The van der Waals surface area contributed by atoms with Gasteiger partial charge in [-0.3, -0.25) is 4.90 Å². The second-order valence-corrected chi connectivity index (χ2v) is 6.65. The molecule has 2 rings (SSSR count). The van der Waals surface area contributed by atoms with Crippen LogP contribution in [0.2, 0.25) is 0 Å². The first-order valence-corrected chi connectivity index (χ1v) is 7.46. The molecule has 0 aliphatic carbocycles. The highest BCUT2D eigenvalue weighted by Crippen LogP contribution is 2.20. The monoisotopic (exact) mass is 260 g/mol. The largest absolute Gasteiger partial charge is 0.309 e. The molecule has 0 spiro atoms. The van der Waals surface area contributed by atoms with Gasteiger partial charge in [-0.25, -0.2) is 0 Å². The van der Waals surface area contributed by atoms with Crippen molar-refractivity contribution in [3.63, 3.8) is 0 Å². The molecule has 1 N–H and O–H groups in total.